The van der Waals surface area contributed by atoms with Crippen molar-refractivity contribution >= 4 is 0 Å². The molecule has 5 heteroatoms. The second kappa shape index (κ2) is 5.75. The Bertz CT molecular complexity index is 364. The molecule has 0 saturated carbocycles. The molecule has 100 valence electrons. The molecule has 0 spiro atoms. The summed E-state index contributed by atoms with van der Waals surface area (Å²) in [5.41, 5.74) is 7.07. The zero-order chi connectivity index (χ0) is 13.1. The number of aromatic nitrogens is 1. The lowest BCUT2D eigenvalue weighted by atomic mass is 10.0. The number of nitrogens with two attached hydrogens (primary N) is 1. The number of aliphatic hydroxyl groups is 2. The molecule has 4 atom stereocenters. The fraction of sp³-hybridized carbons (Fsp3) is 0.615. The van der Waals surface area contributed by atoms with Crippen LogP contribution in [0.25, 0.3) is 0 Å². The normalized spacial score (nSPS) is 28.2. The minimum absolute atomic E-state index is 0.0528. The molecule has 1 aliphatic rings. The van der Waals surface area contributed by atoms with Crippen LogP contribution in [-0.2, 0) is 0 Å². The zero-order valence-electron chi connectivity index (χ0n) is 10.6. The van der Waals surface area contributed by atoms with E-state index in [1.165, 1.54) is 0 Å². The van der Waals surface area contributed by atoms with E-state index in [0.29, 0.717) is 13.1 Å². The van der Waals surface area contributed by atoms with Crippen LogP contribution in [0.1, 0.15) is 25.1 Å². The lowest BCUT2D eigenvalue weighted by Crippen LogP contribution is -2.40. The van der Waals surface area contributed by atoms with Crippen molar-refractivity contribution in [2.45, 2.75) is 37.6 Å². The Morgan fingerprint density at radius 3 is 2.56 bits per heavy atom. The lowest BCUT2D eigenvalue weighted by Gasteiger charge is -2.31. The number of rotatable bonds is 4. The molecule has 4 unspecified atom stereocenters. The third-order valence-corrected chi connectivity index (χ3v) is 3.55. The van der Waals surface area contributed by atoms with Crippen LogP contribution in [-0.4, -0.2) is 51.4 Å². The van der Waals surface area contributed by atoms with Gasteiger partial charge in [-0.25, -0.2) is 0 Å². The van der Waals surface area contributed by atoms with Gasteiger partial charge in [-0.15, -0.1) is 0 Å². The van der Waals surface area contributed by atoms with Gasteiger partial charge in [0, 0.05) is 25.3 Å². The molecule has 1 saturated heterocycles. The molecule has 1 aliphatic heterocycles. The number of pyridine rings is 1. The minimum Gasteiger partial charge on any atom is -0.389 e. The Hall–Kier alpha value is -1.01. The second-order valence-electron chi connectivity index (χ2n) is 4.86. The first-order valence-corrected chi connectivity index (χ1v) is 6.40. The number of β-amino-alcohol motifs (C(OH)–C–C–N with tert-alkyl or cyclic N) is 2. The molecule has 1 aromatic heterocycles. The van der Waals surface area contributed by atoms with E-state index in [1.807, 2.05) is 30.0 Å². The Labute approximate surface area is 107 Å². The zero-order valence-corrected chi connectivity index (χ0v) is 10.6. The van der Waals surface area contributed by atoms with Crippen molar-refractivity contribution < 1.29 is 10.2 Å². The van der Waals surface area contributed by atoms with E-state index < -0.39 is 12.2 Å². The van der Waals surface area contributed by atoms with E-state index in [4.69, 9.17) is 5.73 Å². The van der Waals surface area contributed by atoms with Crippen molar-refractivity contribution in [2.24, 2.45) is 5.73 Å². The summed E-state index contributed by atoms with van der Waals surface area (Å²) in [7, 11) is 0. The maximum Gasteiger partial charge on any atom is 0.0938 e. The molecule has 0 bridgehead atoms. The molecule has 4 N–H and O–H groups in total. The van der Waals surface area contributed by atoms with Crippen LogP contribution < -0.4 is 5.73 Å². The molecular weight excluding hydrogens is 230 g/mol. The fourth-order valence-corrected chi connectivity index (χ4v) is 2.48. The fourth-order valence-electron chi connectivity index (χ4n) is 2.48. The quantitative estimate of drug-likeness (QED) is 0.696. The van der Waals surface area contributed by atoms with E-state index in [2.05, 4.69) is 4.98 Å². The summed E-state index contributed by atoms with van der Waals surface area (Å²) in [6.45, 7) is 2.91. The Balaban J connectivity index is 2.21. The van der Waals surface area contributed by atoms with Gasteiger partial charge in [0.15, 0.2) is 0 Å². The number of nitrogens with zero attached hydrogens (tertiary/aromatic N) is 2. The highest BCUT2D eigenvalue weighted by Crippen LogP contribution is 2.27. The topological polar surface area (TPSA) is 82.6 Å². The molecule has 5 nitrogen and oxygen atoms in total. The summed E-state index contributed by atoms with van der Waals surface area (Å²) in [5.74, 6) is 0. The average Bonchev–Trinajstić information content (AvgIpc) is 2.70. The van der Waals surface area contributed by atoms with Crippen LogP contribution in [0, 0.1) is 0 Å². The average molecular weight is 251 g/mol. The Morgan fingerprint density at radius 2 is 2.06 bits per heavy atom. The van der Waals surface area contributed by atoms with E-state index in [-0.39, 0.29) is 12.1 Å². The summed E-state index contributed by atoms with van der Waals surface area (Å²) in [4.78, 5) is 6.38. The first kappa shape index (κ1) is 13.4. The summed E-state index contributed by atoms with van der Waals surface area (Å²) >= 11 is 0. The molecular formula is C13H21N3O2. The van der Waals surface area contributed by atoms with Gasteiger partial charge < -0.3 is 15.9 Å². The number of hydrogen-bond donors (Lipinski definition) is 3. The van der Waals surface area contributed by atoms with E-state index in [9.17, 15) is 10.2 Å². The van der Waals surface area contributed by atoms with E-state index in [0.717, 1.165) is 12.1 Å². The van der Waals surface area contributed by atoms with E-state index in [1.54, 1.807) is 6.20 Å². The minimum atomic E-state index is -0.694. The number of hydrogen-bond acceptors (Lipinski definition) is 5. The molecule has 0 radical (unpaired) electrons. The molecule has 1 aromatic rings. The monoisotopic (exact) mass is 251 g/mol. The van der Waals surface area contributed by atoms with Gasteiger partial charge >= 0.3 is 0 Å². The molecule has 0 aromatic carbocycles. The molecule has 0 amide bonds. The van der Waals surface area contributed by atoms with Gasteiger partial charge in [0.05, 0.1) is 23.9 Å². The van der Waals surface area contributed by atoms with Gasteiger partial charge in [0.1, 0.15) is 0 Å². The van der Waals surface area contributed by atoms with Gasteiger partial charge in [-0.1, -0.05) is 13.0 Å². The van der Waals surface area contributed by atoms with Gasteiger partial charge in [-0.3, -0.25) is 9.88 Å². The Morgan fingerprint density at radius 1 is 1.39 bits per heavy atom. The highest BCUT2D eigenvalue weighted by Gasteiger charge is 2.37. The third-order valence-electron chi connectivity index (χ3n) is 3.55. The van der Waals surface area contributed by atoms with Gasteiger partial charge in [-0.2, -0.15) is 0 Å². The molecule has 2 rings (SSSR count). The maximum absolute atomic E-state index is 9.67. The van der Waals surface area contributed by atoms with Crippen LogP contribution in [0.4, 0.5) is 0 Å². The van der Waals surface area contributed by atoms with E-state index >= 15 is 0 Å². The summed E-state index contributed by atoms with van der Waals surface area (Å²) in [6.07, 6.45) is 1.18. The van der Waals surface area contributed by atoms with Gasteiger partial charge in [-0.05, 0) is 18.6 Å². The van der Waals surface area contributed by atoms with Gasteiger partial charge in [0.2, 0.25) is 0 Å². The van der Waals surface area contributed by atoms with Crippen molar-refractivity contribution in [2.75, 3.05) is 13.1 Å². The first-order chi connectivity index (χ1) is 8.63. The van der Waals surface area contributed by atoms with Crippen LogP contribution in [0.15, 0.2) is 24.4 Å². The van der Waals surface area contributed by atoms with Crippen LogP contribution in [0.3, 0.4) is 0 Å². The second-order valence-corrected chi connectivity index (χ2v) is 4.86. The van der Waals surface area contributed by atoms with Crippen molar-refractivity contribution in [3.8, 4) is 0 Å². The van der Waals surface area contributed by atoms with Crippen molar-refractivity contribution in [3.63, 3.8) is 0 Å². The summed E-state index contributed by atoms with van der Waals surface area (Å²) < 4.78 is 0. The molecule has 18 heavy (non-hydrogen) atoms. The largest absolute Gasteiger partial charge is 0.389 e. The SMILES string of the molecule is CCC(N)C(c1ccccn1)N1CC(O)C(O)C1. The van der Waals surface area contributed by atoms with Crippen molar-refractivity contribution in [1.29, 1.82) is 0 Å². The van der Waals surface area contributed by atoms with Crippen LogP contribution >= 0.6 is 0 Å². The first-order valence-electron chi connectivity index (χ1n) is 6.40. The predicted octanol–water partition coefficient (Wildman–Crippen LogP) is -0.103. The Kier molecular flexibility index (Phi) is 4.29. The molecule has 2 heterocycles. The summed E-state index contributed by atoms with van der Waals surface area (Å²) in [6, 6.07) is 5.63. The highest BCUT2D eigenvalue weighted by molar-refractivity contribution is 5.12. The summed E-state index contributed by atoms with van der Waals surface area (Å²) in [5, 5.41) is 19.3. The van der Waals surface area contributed by atoms with Crippen molar-refractivity contribution in [3.05, 3.63) is 30.1 Å². The standard InChI is InChI=1S/C13H21N3O2/c1-2-9(14)13(10-5-3-4-6-15-10)16-7-11(17)12(18)8-16/h3-6,9,11-13,17-18H,2,7-8,14H2,1H3. The van der Waals surface area contributed by atoms with Crippen molar-refractivity contribution in [1.82, 2.24) is 9.88 Å². The lowest BCUT2D eigenvalue weighted by molar-refractivity contribution is 0.0572. The van der Waals surface area contributed by atoms with Crippen LogP contribution in [0.5, 0.6) is 0 Å². The molecule has 0 aliphatic carbocycles. The number of aliphatic hydroxyl groups excluding tert-OH is 2. The third kappa shape index (κ3) is 2.70. The number of likely N-dealkylation sites (tertiary alicyclic amines) is 1. The predicted molar refractivity (Wildman–Crippen MR) is 68.8 cm³/mol. The molecule has 1 fully saturated rings. The maximum atomic E-state index is 9.67. The highest BCUT2D eigenvalue weighted by atomic mass is 16.3. The van der Waals surface area contributed by atoms with Crippen LogP contribution in [0.2, 0.25) is 0 Å². The van der Waals surface area contributed by atoms with Gasteiger partial charge in [0.25, 0.3) is 0 Å². The smallest absolute Gasteiger partial charge is 0.0938 e.